The Labute approximate surface area is 116 Å². The molecule has 0 radical (unpaired) electrons. The van der Waals surface area contributed by atoms with Gasteiger partial charge in [0.25, 0.3) is 0 Å². The average Bonchev–Trinajstić information content (AvgIpc) is 3.32. The van der Waals surface area contributed by atoms with Crippen LogP contribution >= 0.6 is 11.8 Å². The minimum atomic E-state index is -0.0964. The van der Waals surface area contributed by atoms with Crippen molar-refractivity contribution in [1.29, 1.82) is 0 Å². The second-order valence-corrected chi connectivity index (χ2v) is 6.50. The number of tetrazole rings is 1. The molecule has 0 aliphatic heterocycles. The molecule has 0 aromatic carbocycles. The molecule has 19 heavy (non-hydrogen) atoms. The predicted octanol–water partition coefficient (Wildman–Crippen LogP) is 1.58. The third kappa shape index (κ3) is 3.08. The zero-order chi connectivity index (χ0) is 13.3. The van der Waals surface area contributed by atoms with Crippen LogP contribution in [0.5, 0.6) is 0 Å². The van der Waals surface area contributed by atoms with Crippen molar-refractivity contribution in [2.45, 2.75) is 43.9 Å². The summed E-state index contributed by atoms with van der Waals surface area (Å²) < 4.78 is 6.70. The van der Waals surface area contributed by atoms with Gasteiger partial charge in [-0.1, -0.05) is 0 Å². The highest BCUT2D eigenvalue weighted by Crippen LogP contribution is 2.51. The van der Waals surface area contributed by atoms with E-state index in [0.29, 0.717) is 12.5 Å². The van der Waals surface area contributed by atoms with E-state index in [9.17, 15) is 4.79 Å². The van der Waals surface area contributed by atoms with Crippen LogP contribution in [0.4, 0.5) is 0 Å². The molecular weight excluding hydrogens is 264 g/mol. The normalized spacial score (nSPS) is 20.3. The van der Waals surface area contributed by atoms with Crippen molar-refractivity contribution >= 4 is 17.7 Å². The number of methoxy groups -OCH3 is 1. The molecule has 104 valence electrons. The van der Waals surface area contributed by atoms with Crippen molar-refractivity contribution in [2.75, 3.05) is 12.9 Å². The van der Waals surface area contributed by atoms with Gasteiger partial charge in [0.2, 0.25) is 0 Å². The zero-order valence-electron chi connectivity index (χ0n) is 11.0. The van der Waals surface area contributed by atoms with Crippen LogP contribution in [0.2, 0.25) is 0 Å². The van der Waals surface area contributed by atoms with Crippen molar-refractivity contribution in [3.05, 3.63) is 5.82 Å². The topological polar surface area (TPSA) is 69.9 Å². The Morgan fingerprint density at radius 2 is 2.32 bits per heavy atom. The molecule has 2 saturated carbocycles. The lowest BCUT2D eigenvalue weighted by Crippen LogP contribution is -2.13. The van der Waals surface area contributed by atoms with Crippen molar-refractivity contribution in [2.24, 2.45) is 5.41 Å². The Morgan fingerprint density at radius 1 is 1.53 bits per heavy atom. The number of carbonyl (C=O) groups is 1. The summed E-state index contributed by atoms with van der Waals surface area (Å²) in [5, 5.41) is 11.9. The van der Waals surface area contributed by atoms with E-state index in [1.165, 1.54) is 20.0 Å². The van der Waals surface area contributed by atoms with Gasteiger partial charge in [-0.25, -0.2) is 4.68 Å². The summed E-state index contributed by atoms with van der Waals surface area (Å²) in [5.74, 6) is 2.67. The molecule has 2 aliphatic rings. The Morgan fingerprint density at radius 3 is 2.95 bits per heavy atom. The molecule has 2 aliphatic carbocycles. The number of ether oxygens (including phenoxy) is 1. The third-order valence-corrected chi connectivity index (χ3v) is 5.08. The van der Waals surface area contributed by atoms with Gasteiger partial charge in [-0.2, -0.15) is 11.8 Å². The third-order valence-electron chi connectivity index (χ3n) is 3.80. The van der Waals surface area contributed by atoms with E-state index in [0.717, 1.165) is 30.2 Å². The first-order valence-electron chi connectivity index (χ1n) is 6.64. The number of hydrogen-bond acceptors (Lipinski definition) is 6. The van der Waals surface area contributed by atoms with E-state index in [-0.39, 0.29) is 11.4 Å². The molecule has 2 fully saturated rings. The SMILES string of the molecule is COC(=O)CC1(CSCc2nnnn2C2CC2)CC1. The zero-order valence-corrected chi connectivity index (χ0v) is 11.9. The number of hydrogen-bond donors (Lipinski definition) is 0. The van der Waals surface area contributed by atoms with Gasteiger partial charge in [-0.05, 0) is 47.3 Å². The minimum absolute atomic E-state index is 0.0964. The number of thioether (sulfide) groups is 1. The van der Waals surface area contributed by atoms with Crippen molar-refractivity contribution < 1.29 is 9.53 Å². The fraction of sp³-hybridized carbons (Fsp3) is 0.833. The van der Waals surface area contributed by atoms with Crippen LogP contribution in [-0.4, -0.2) is 39.0 Å². The van der Waals surface area contributed by atoms with Crippen LogP contribution in [0.1, 0.15) is 44.0 Å². The highest BCUT2D eigenvalue weighted by Gasteiger charge is 2.44. The smallest absolute Gasteiger partial charge is 0.306 e. The Balaban J connectivity index is 1.47. The second-order valence-electron chi connectivity index (χ2n) is 5.52. The predicted molar refractivity (Wildman–Crippen MR) is 70.6 cm³/mol. The first-order chi connectivity index (χ1) is 9.22. The maximum atomic E-state index is 11.3. The van der Waals surface area contributed by atoms with Gasteiger partial charge in [0.1, 0.15) is 0 Å². The monoisotopic (exact) mass is 282 g/mol. The van der Waals surface area contributed by atoms with E-state index in [2.05, 4.69) is 15.5 Å². The molecule has 0 N–H and O–H groups in total. The number of nitrogens with zero attached hydrogens (tertiary/aromatic N) is 4. The molecule has 0 atom stereocenters. The van der Waals surface area contributed by atoms with Gasteiger partial charge in [-0.3, -0.25) is 4.79 Å². The summed E-state index contributed by atoms with van der Waals surface area (Å²) in [6.07, 6.45) is 5.18. The molecule has 7 heteroatoms. The molecule has 1 heterocycles. The van der Waals surface area contributed by atoms with Crippen LogP contribution in [0.15, 0.2) is 0 Å². The summed E-state index contributed by atoms with van der Waals surface area (Å²) in [6, 6.07) is 0.524. The molecule has 0 unspecified atom stereocenters. The summed E-state index contributed by atoms with van der Waals surface area (Å²) in [4.78, 5) is 11.3. The van der Waals surface area contributed by atoms with Gasteiger partial charge in [0.05, 0.1) is 25.3 Å². The molecule has 0 spiro atoms. The highest BCUT2D eigenvalue weighted by molar-refractivity contribution is 7.98. The molecule has 0 saturated heterocycles. The largest absolute Gasteiger partial charge is 0.469 e. The van der Waals surface area contributed by atoms with Gasteiger partial charge in [0, 0.05) is 0 Å². The standard InChI is InChI=1S/C12H18N4O2S/c1-18-11(17)6-12(4-5-12)8-19-7-10-13-14-15-16(10)9-2-3-9/h9H,2-8H2,1H3. The second kappa shape index (κ2) is 5.11. The first-order valence-corrected chi connectivity index (χ1v) is 7.79. The van der Waals surface area contributed by atoms with Gasteiger partial charge >= 0.3 is 5.97 Å². The molecule has 3 rings (SSSR count). The average molecular weight is 282 g/mol. The lowest BCUT2D eigenvalue weighted by Gasteiger charge is -2.12. The van der Waals surface area contributed by atoms with Crippen molar-refractivity contribution in [3.63, 3.8) is 0 Å². The summed E-state index contributed by atoms with van der Waals surface area (Å²) in [6.45, 7) is 0. The maximum absolute atomic E-state index is 11.3. The van der Waals surface area contributed by atoms with Crippen LogP contribution < -0.4 is 0 Å². The molecule has 0 amide bonds. The number of esters is 1. The Hall–Kier alpha value is -1.11. The Kier molecular flexibility index (Phi) is 3.47. The molecule has 1 aromatic rings. The van der Waals surface area contributed by atoms with E-state index in [1.807, 2.05) is 16.4 Å². The highest BCUT2D eigenvalue weighted by atomic mass is 32.2. The van der Waals surface area contributed by atoms with Crippen LogP contribution in [0.25, 0.3) is 0 Å². The fourth-order valence-corrected chi connectivity index (χ4v) is 3.49. The van der Waals surface area contributed by atoms with Crippen LogP contribution in [-0.2, 0) is 15.3 Å². The summed E-state index contributed by atoms with van der Waals surface area (Å²) in [5.41, 5.74) is 0.176. The lowest BCUT2D eigenvalue weighted by atomic mass is 10.1. The molecule has 1 aromatic heterocycles. The van der Waals surface area contributed by atoms with E-state index in [4.69, 9.17) is 4.74 Å². The van der Waals surface area contributed by atoms with Crippen molar-refractivity contribution in [3.8, 4) is 0 Å². The fourth-order valence-electron chi connectivity index (χ4n) is 2.20. The molecule has 0 bridgehead atoms. The summed E-state index contributed by atoms with van der Waals surface area (Å²) >= 11 is 1.82. The van der Waals surface area contributed by atoms with E-state index in [1.54, 1.807) is 0 Å². The van der Waals surface area contributed by atoms with Gasteiger partial charge in [0.15, 0.2) is 5.82 Å². The summed E-state index contributed by atoms with van der Waals surface area (Å²) in [7, 11) is 1.45. The lowest BCUT2D eigenvalue weighted by molar-refractivity contribution is -0.141. The number of rotatable bonds is 7. The van der Waals surface area contributed by atoms with E-state index < -0.39 is 0 Å². The van der Waals surface area contributed by atoms with Gasteiger partial charge < -0.3 is 4.74 Å². The first kappa shape index (κ1) is 12.9. The number of aromatic nitrogens is 4. The number of carbonyl (C=O) groups excluding carboxylic acids is 1. The van der Waals surface area contributed by atoms with Crippen LogP contribution in [0.3, 0.4) is 0 Å². The van der Waals surface area contributed by atoms with Crippen molar-refractivity contribution in [1.82, 2.24) is 20.2 Å². The van der Waals surface area contributed by atoms with Crippen LogP contribution in [0, 0.1) is 5.41 Å². The minimum Gasteiger partial charge on any atom is -0.469 e. The molecule has 6 nitrogen and oxygen atoms in total. The maximum Gasteiger partial charge on any atom is 0.306 e. The van der Waals surface area contributed by atoms with Gasteiger partial charge in [-0.15, -0.1) is 5.10 Å². The molecular formula is C12H18N4O2S. The Bertz CT molecular complexity index is 468. The van der Waals surface area contributed by atoms with E-state index >= 15 is 0 Å². The quantitative estimate of drug-likeness (QED) is 0.707.